The highest BCUT2D eigenvalue weighted by Gasteiger charge is 2.30. The topological polar surface area (TPSA) is 15.3 Å². The van der Waals surface area contributed by atoms with E-state index in [0.717, 1.165) is 30.9 Å². The second-order valence-electron chi connectivity index (χ2n) is 4.14. The minimum Gasteiger partial charge on any atom is -0.380 e. The van der Waals surface area contributed by atoms with Gasteiger partial charge >= 0.3 is 6.18 Å². The maximum absolute atomic E-state index is 12.3. The Labute approximate surface area is 92.1 Å². The number of halogens is 3. The summed E-state index contributed by atoms with van der Waals surface area (Å²) < 4.78 is 36.9. The molecule has 1 fully saturated rings. The largest absolute Gasteiger partial charge is 0.416 e. The number of nitrogens with zero attached hydrogens (tertiary/aromatic N) is 1. The van der Waals surface area contributed by atoms with Gasteiger partial charge < -0.3 is 10.2 Å². The fraction of sp³-hybridized carbons (Fsp3) is 0.455. The number of hydrogen-bond acceptors (Lipinski definition) is 2. The molecule has 2 nitrogen and oxygen atoms in total. The molecular formula is C11H13F3N2. The van der Waals surface area contributed by atoms with Gasteiger partial charge in [0.15, 0.2) is 0 Å². The van der Waals surface area contributed by atoms with Crippen LogP contribution in [0.5, 0.6) is 0 Å². The van der Waals surface area contributed by atoms with Crippen LogP contribution in [0.2, 0.25) is 0 Å². The van der Waals surface area contributed by atoms with E-state index in [9.17, 15) is 13.2 Å². The Bertz CT molecular complexity index is 352. The molecule has 88 valence electrons. The fourth-order valence-electron chi connectivity index (χ4n) is 1.78. The van der Waals surface area contributed by atoms with Gasteiger partial charge in [-0.1, -0.05) is 0 Å². The molecule has 1 aliphatic rings. The molecule has 1 saturated heterocycles. The van der Waals surface area contributed by atoms with Gasteiger partial charge in [0.05, 0.1) is 11.6 Å². The van der Waals surface area contributed by atoms with Gasteiger partial charge in [0.25, 0.3) is 0 Å². The number of likely N-dealkylation sites (tertiary alicyclic amines) is 1. The standard InChI is InChI=1S/C11H13F3N2/c1-16-6-10(7-16)15-9-4-2-8(3-5-9)11(12,13)14/h2-5,10,15H,6-7H2,1H3. The van der Waals surface area contributed by atoms with Crippen LogP contribution in [0, 0.1) is 0 Å². The maximum atomic E-state index is 12.3. The zero-order valence-corrected chi connectivity index (χ0v) is 8.88. The molecule has 1 aliphatic heterocycles. The van der Waals surface area contributed by atoms with Crippen LogP contribution in [0.4, 0.5) is 18.9 Å². The van der Waals surface area contributed by atoms with Crippen LogP contribution in [0.25, 0.3) is 0 Å². The number of rotatable bonds is 2. The Kier molecular flexibility index (Phi) is 2.80. The molecule has 1 aromatic rings. The molecular weight excluding hydrogens is 217 g/mol. The number of likely N-dealkylation sites (N-methyl/N-ethyl adjacent to an activating group) is 1. The highest BCUT2D eigenvalue weighted by molar-refractivity contribution is 5.46. The van der Waals surface area contributed by atoms with Crippen molar-refractivity contribution in [1.82, 2.24) is 4.90 Å². The molecule has 0 amide bonds. The van der Waals surface area contributed by atoms with E-state index in [1.54, 1.807) is 0 Å². The van der Waals surface area contributed by atoms with E-state index >= 15 is 0 Å². The van der Waals surface area contributed by atoms with Gasteiger partial charge in [-0.05, 0) is 31.3 Å². The van der Waals surface area contributed by atoms with Crippen molar-refractivity contribution in [3.05, 3.63) is 29.8 Å². The van der Waals surface area contributed by atoms with Crippen molar-refractivity contribution < 1.29 is 13.2 Å². The van der Waals surface area contributed by atoms with Crippen LogP contribution in [0.3, 0.4) is 0 Å². The molecule has 0 aliphatic carbocycles. The smallest absolute Gasteiger partial charge is 0.380 e. The van der Waals surface area contributed by atoms with E-state index in [1.807, 2.05) is 7.05 Å². The highest BCUT2D eigenvalue weighted by atomic mass is 19.4. The maximum Gasteiger partial charge on any atom is 0.416 e. The predicted molar refractivity (Wildman–Crippen MR) is 56.4 cm³/mol. The van der Waals surface area contributed by atoms with Gasteiger partial charge in [0, 0.05) is 18.8 Å². The lowest BCUT2D eigenvalue weighted by atomic mass is 10.1. The van der Waals surface area contributed by atoms with Gasteiger partial charge in [0.1, 0.15) is 0 Å². The van der Waals surface area contributed by atoms with Crippen molar-refractivity contribution in [2.75, 3.05) is 25.5 Å². The van der Waals surface area contributed by atoms with E-state index in [2.05, 4.69) is 10.2 Å². The third-order valence-electron chi connectivity index (χ3n) is 2.65. The highest BCUT2D eigenvalue weighted by Crippen LogP contribution is 2.30. The van der Waals surface area contributed by atoms with Crippen LogP contribution in [0.15, 0.2) is 24.3 Å². The Morgan fingerprint density at radius 3 is 2.19 bits per heavy atom. The monoisotopic (exact) mass is 230 g/mol. The summed E-state index contributed by atoms with van der Waals surface area (Å²) in [6.45, 7) is 1.86. The summed E-state index contributed by atoms with van der Waals surface area (Å²) in [7, 11) is 2.00. The molecule has 0 aromatic heterocycles. The molecule has 1 N–H and O–H groups in total. The van der Waals surface area contributed by atoms with E-state index in [1.165, 1.54) is 12.1 Å². The number of anilines is 1. The van der Waals surface area contributed by atoms with E-state index in [0.29, 0.717) is 6.04 Å². The lowest BCUT2D eigenvalue weighted by Crippen LogP contribution is -2.52. The lowest BCUT2D eigenvalue weighted by molar-refractivity contribution is -0.137. The summed E-state index contributed by atoms with van der Waals surface area (Å²) in [5, 5.41) is 3.18. The summed E-state index contributed by atoms with van der Waals surface area (Å²) >= 11 is 0. The first-order chi connectivity index (χ1) is 7.45. The summed E-state index contributed by atoms with van der Waals surface area (Å²) in [5.41, 5.74) is 0.134. The van der Waals surface area contributed by atoms with Gasteiger partial charge in [-0.2, -0.15) is 13.2 Å². The van der Waals surface area contributed by atoms with Crippen LogP contribution in [-0.2, 0) is 6.18 Å². The number of alkyl halides is 3. The van der Waals surface area contributed by atoms with E-state index < -0.39 is 11.7 Å². The van der Waals surface area contributed by atoms with Crippen molar-refractivity contribution in [1.29, 1.82) is 0 Å². The molecule has 5 heteroatoms. The number of benzene rings is 1. The molecule has 0 spiro atoms. The van der Waals surface area contributed by atoms with Crippen LogP contribution in [-0.4, -0.2) is 31.1 Å². The normalized spacial score (nSPS) is 18.2. The first-order valence-corrected chi connectivity index (χ1v) is 5.07. The molecule has 1 aromatic carbocycles. The summed E-state index contributed by atoms with van der Waals surface area (Å²) in [5.74, 6) is 0. The number of hydrogen-bond donors (Lipinski definition) is 1. The van der Waals surface area contributed by atoms with Crippen LogP contribution >= 0.6 is 0 Å². The predicted octanol–water partition coefficient (Wildman–Crippen LogP) is 2.43. The minimum absolute atomic E-state index is 0.349. The molecule has 0 saturated carbocycles. The van der Waals surface area contributed by atoms with Gasteiger partial charge in [-0.3, -0.25) is 0 Å². The van der Waals surface area contributed by atoms with E-state index in [-0.39, 0.29) is 0 Å². The summed E-state index contributed by atoms with van der Waals surface area (Å²) in [4.78, 5) is 2.14. The Morgan fingerprint density at radius 2 is 1.75 bits per heavy atom. The third kappa shape index (κ3) is 2.47. The minimum atomic E-state index is -4.25. The van der Waals surface area contributed by atoms with Gasteiger partial charge in [-0.25, -0.2) is 0 Å². The van der Waals surface area contributed by atoms with Crippen LogP contribution < -0.4 is 5.32 Å². The summed E-state index contributed by atoms with van der Waals surface area (Å²) in [6.07, 6.45) is -4.25. The molecule has 0 radical (unpaired) electrons. The van der Waals surface area contributed by atoms with Crippen molar-refractivity contribution in [3.8, 4) is 0 Å². The molecule has 0 bridgehead atoms. The molecule has 2 rings (SSSR count). The quantitative estimate of drug-likeness (QED) is 0.839. The van der Waals surface area contributed by atoms with Crippen molar-refractivity contribution in [2.24, 2.45) is 0 Å². The molecule has 0 unspecified atom stereocenters. The Hall–Kier alpha value is -1.23. The average molecular weight is 230 g/mol. The Morgan fingerprint density at radius 1 is 1.19 bits per heavy atom. The zero-order valence-electron chi connectivity index (χ0n) is 8.88. The first-order valence-electron chi connectivity index (χ1n) is 5.07. The second kappa shape index (κ2) is 3.97. The average Bonchev–Trinajstić information content (AvgIpc) is 2.15. The number of nitrogens with one attached hydrogen (secondary N) is 1. The van der Waals surface area contributed by atoms with Crippen molar-refractivity contribution in [2.45, 2.75) is 12.2 Å². The lowest BCUT2D eigenvalue weighted by Gasteiger charge is -2.37. The van der Waals surface area contributed by atoms with Crippen molar-refractivity contribution in [3.63, 3.8) is 0 Å². The zero-order chi connectivity index (χ0) is 11.8. The summed E-state index contributed by atoms with van der Waals surface area (Å²) in [6, 6.07) is 5.50. The third-order valence-corrected chi connectivity index (χ3v) is 2.65. The van der Waals surface area contributed by atoms with Gasteiger partial charge in [0.2, 0.25) is 0 Å². The first kappa shape index (κ1) is 11.3. The van der Waals surface area contributed by atoms with E-state index in [4.69, 9.17) is 0 Å². The van der Waals surface area contributed by atoms with Crippen molar-refractivity contribution >= 4 is 5.69 Å². The molecule has 0 atom stereocenters. The molecule has 16 heavy (non-hydrogen) atoms. The SMILES string of the molecule is CN1CC(Nc2ccc(C(F)(F)F)cc2)C1. The fourth-order valence-corrected chi connectivity index (χ4v) is 1.78. The van der Waals surface area contributed by atoms with Crippen LogP contribution in [0.1, 0.15) is 5.56 Å². The second-order valence-corrected chi connectivity index (χ2v) is 4.14. The van der Waals surface area contributed by atoms with Gasteiger partial charge in [-0.15, -0.1) is 0 Å². The molecule has 1 heterocycles. The Balaban J connectivity index is 1.97.